The molecule has 0 aromatic rings. The van der Waals surface area contributed by atoms with Crippen LogP contribution in [0.1, 0.15) is 6.42 Å². The van der Waals surface area contributed by atoms with Gasteiger partial charge in [-0.05, 0) is 0 Å². The van der Waals surface area contributed by atoms with Crippen molar-refractivity contribution in [1.29, 1.82) is 0 Å². The highest BCUT2D eigenvalue weighted by Gasteiger charge is 2.42. The molecule has 9 heavy (non-hydrogen) atoms. The summed E-state index contributed by atoms with van der Waals surface area (Å²) in [6, 6.07) is -1.52. The molecule has 0 aromatic heterocycles. The van der Waals surface area contributed by atoms with Crippen LogP contribution in [0.4, 0.5) is 13.2 Å². The van der Waals surface area contributed by atoms with E-state index < -0.39 is 12.2 Å². The second kappa shape index (κ2) is 2.15. The van der Waals surface area contributed by atoms with Crippen molar-refractivity contribution in [2.24, 2.45) is 0 Å². The Hall–Kier alpha value is -0.290. The molecule has 1 radical (unpaired) electrons. The molecule has 0 spiro atoms. The Labute approximate surface area is 49.9 Å². The number of nitrogens with one attached hydrogen (secondary N) is 1. The van der Waals surface area contributed by atoms with E-state index in [1.165, 1.54) is 0 Å². The standard InChI is InChI=1S/C4H5F3NO/c5-4(6,7)3-1-2-9-8-3/h2-3,8H,1H2. The van der Waals surface area contributed by atoms with E-state index in [2.05, 4.69) is 4.84 Å². The molecule has 0 saturated carbocycles. The molecule has 0 aliphatic carbocycles. The van der Waals surface area contributed by atoms with E-state index in [1.807, 2.05) is 5.48 Å². The second-order valence-electron chi connectivity index (χ2n) is 1.73. The first-order chi connectivity index (χ1) is 4.11. The summed E-state index contributed by atoms with van der Waals surface area (Å²) < 4.78 is 34.8. The first-order valence-electron chi connectivity index (χ1n) is 2.40. The average molecular weight is 140 g/mol. The summed E-state index contributed by atoms with van der Waals surface area (Å²) in [4.78, 5) is 4.19. The van der Waals surface area contributed by atoms with Gasteiger partial charge in [-0.2, -0.15) is 18.7 Å². The van der Waals surface area contributed by atoms with Gasteiger partial charge in [-0.15, -0.1) is 0 Å². The molecule has 0 bridgehead atoms. The van der Waals surface area contributed by atoms with E-state index >= 15 is 0 Å². The molecule has 1 saturated heterocycles. The zero-order valence-corrected chi connectivity index (χ0v) is 4.40. The summed E-state index contributed by atoms with van der Waals surface area (Å²) in [7, 11) is 0. The summed E-state index contributed by atoms with van der Waals surface area (Å²) in [6.45, 7) is 1.10. The van der Waals surface area contributed by atoms with Crippen molar-refractivity contribution in [2.45, 2.75) is 18.6 Å². The Balaban J connectivity index is 2.42. The van der Waals surface area contributed by atoms with Crippen LogP contribution in [0, 0.1) is 6.61 Å². The Morgan fingerprint density at radius 1 is 1.56 bits per heavy atom. The van der Waals surface area contributed by atoms with Gasteiger partial charge in [-0.25, -0.2) is 0 Å². The summed E-state index contributed by atoms with van der Waals surface area (Å²) in [5, 5.41) is 0. The monoisotopic (exact) mass is 140 g/mol. The van der Waals surface area contributed by atoms with Crippen LogP contribution in [-0.2, 0) is 4.84 Å². The Kier molecular flexibility index (Phi) is 1.63. The fourth-order valence-corrected chi connectivity index (χ4v) is 0.523. The quantitative estimate of drug-likeness (QED) is 0.542. The van der Waals surface area contributed by atoms with Crippen molar-refractivity contribution in [3.63, 3.8) is 0 Å². The molecule has 2 nitrogen and oxygen atoms in total. The third-order valence-electron chi connectivity index (χ3n) is 1.02. The van der Waals surface area contributed by atoms with Crippen LogP contribution in [-0.4, -0.2) is 12.2 Å². The summed E-state index contributed by atoms with van der Waals surface area (Å²) >= 11 is 0. The van der Waals surface area contributed by atoms with Gasteiger partial charge in [-0.3, -0.25) is 4.84 Å². The van der Waals surface area contributed by atoms with E-state index in [0.717, 1.165) is 6.61 Å². The minimum Gasteiger partial charge on any atom is -0.295 e. The van der Waals surface area contributed by atoms with Gasteiger partial charge in [-0.1, -0.05) is 0 Å². The molecule has 1 unspecified atom stereocenters. The number of hydrogen-bond acceptors (Lipinski definition) is 2. The molecule has 1 aliphatic heterocycles. The van der Waals surface area contributed by atoms with Crippen molar-refractivity contribution in [3.8, 4) is 0 Å². The number of alkyl halides is 3. The summed E-state index contributed by atoms with van der Waals surface area (Å²) in [5.41, 5.74) is 1.82. The van der Waals surface area contributed by atoms with E-state index in [0.29, 0.717) is 0 Å². The third-order valence-corrected chi connectivity index (χ3v) is 1.02. The highest BCUT2D eigenvalue weighted by Crippen LogP contribution is 2.25. The van der Waals surface area contributed by atoms with Crippen LogP contribution >= 0.6 is 0 Å². The van der Waals surface area contributed by atoms with Crippen LogP contribution in [0.5, 0.6) is 0 Å². The van der Waals surface area contributed by atoms with Crippen molar-refractivity contribution in [1.82, 2.24) is 5.48 Å². The van der Waals surface area contributed by atoms with Crippen LogP contribution in [0.15, 0.2) is 0 Å². The molecule has 0 amide bonds. The molecule has 1 fully saturated rings. The second-order valence-corrected chi connectivity index (χ2v) is 1.73. The van der Waals surface area contributed by atoms with Crippen LogP contribution in [0.3, 0.4) is 0 Å². The normalized spacial score (nSPS) is 29.0. The minimum atomic E-state index is -4.19. The number of halogens is 3. The Morgan fingerprint density at radius 3 is 2.44 bits per heavy atom. The van der Waals surface area contributed by atoms with Gasteiger partial charge >= 0.3 is 6.18 Å². The van der Waals surface area contributed by atoms with E-state index in [9.17, 15) is 13.2 Å². The molecule has 5 heteroatoms. The van der Waals surface area contributed by atoms with Crippen molar-refractivity contribution < 1.29 is 18.0 Å². The number of rotatable bonds is 0. The molecule has 1 rings (SSSR count). The highest BCUT2D eigenvalue weighted by molar-refractivity contribution is 4.79. The molecule has 1 heterocycles. The van der Waals surface area contributed by atoms with Gasteiger partial charge in [0.05, 0.1) is 0 Å². The molecule has 53 valence electrons. The Bertz CT molecular complexity index is 96.5. The first kappa shape index (κ1) is 6.82. The van der Waals surface area contributed by atoms with E-state index in [4.69, 9.17) is 0 Å². The maximum absolute atomic E-state index is 11.6. The number of hydroxylamine groups is 1. The zero-order valence-electron chi connectivity index (χ0n) is 4.40. The lowest BCUT2D eigenvalue weighted by molar-refractivity contribution is -0.163. The lowest BCUT2D eigenvalue weighted by Crippen LogP contribution is -2.36. The Morgan fingerprint density at radius 2 is 2.22 bits per heavy atom. The van der Waals surface area contributed by atoms with Gasteiger partial charge < -0.3 is 0 Å². The van der Waals surface area contributed by atoms with Crippen LogP contribution < -0.4 is 5.48 Å². The lowest BCUT2D eigenvalue weighted by Gasteiger charge is -2.11. The fourth-order valence-electron chi connectivity index (χ4n) is 0.523. The smallest absolute Gasteiger partial charge is 0.295 e. The predicted molar refractivity (Wildman–Crippen MR) is 23.0 cm³/mol. The van der Waals surface area contributed by atoms with E-state index in [-0.39, 0.29) is 6.42 Å². The molecule has 1 N–H and O–H groups in total. The van der Waals surface area contributed by atoms with Crippen molar-refractivity contribution in [3.05, 3.63) is 6.61 Å². The van der Waals surface area contributed by atoms with Gasteiger partial charge in [0.2, 0.25) is 0 Å². The van der Waals surface area contributed by atoms with Gasteiger partial charge in [0, 0.05) is 6.42 Å². The maximum atomic E-state index is 11.6. The van der Waals surface area contributed by atoms with Crippen LogP contribution in [0.25, 0.3) is 0 Å². The van der Waals surface area contributed by atoms with Gasteiger partial charge in [0.15, 0.2) is 0 Å². The average Bonchev–Trinajstić information content (AvgIpc) is 2.08. The van der Waals surface area contributed by atoms with Crippen LogP contribution in [0.2, 0.25) is 0 Å². The predicted octanol–water partition coefficient (Wildman–Crippen LogP) is 1.00. The third kappa shape index (κ3) is 1.56. The molecular formula is C4H5F3NO. The number of hydrogen-bond donors (Lipinski definition) is 1. The SMILES string of the molecule is FC(F)(F)C1C[CH]ON1. The first-order valence-corrected chi connectivity index (χ1v) is 2.40. The molecular weight excluding hydrogens is 135 g/mol. The minimum absolute atomic E-state index is 0.108. The van der Waals surface area contributed by atoms with Gasteiger partial charge in [0.1, 0.15) is 12.6 Å². The maximum Gasteiger partial charge on any atom is 0.406 e. The zero-order chi connectivity index (χ0) is 6.91. The topological polar surface area (TPSA) is 21.3 Å². The molecule has 1 atom stereocenters. The van der Waals surface area contributed by atoms with Crippen molar-refractivity contribution >= 4 is 0 Å². The fraction of sp³-hybridized carbons (Fsp3) is 0.750. The molecule has 1 aliphatic rings. The highest BCUT2D eigenvalue weighted by atomic mass is 19.4. The summed E-state index contributed by atoms with van der Waals surface area (Å²) in [5.74, 6) is 0. The lowest BCUT2D eigenvalue weighted by atomic mass is 10.2. The van der Waals surface area contributed by atoms with E-state index in [1.54, 1.807) is 0 Å². The van der Waals surface area contributed by atoms with Crippen molar-refractivity contribution in [2.75, 3.05) is 0 Å². The largest absolute Gasteiger partial charge is 0.406 e. The molecule has 0 aromatic carbocycles. The summed E-state index contributed by atoms with van der Waals surface area (Å²) in [6.07, 6.45) is -4.30. The van der Waals surface area contributed by atoms with Gasteiger partial charge in [0.25, 0.3) is 0 Å².